The van der Waals surface area contributed by atoms with E-state index in [0.717, 1.165) is 22.4 Å². The van der Waals surface area contributed by atoms with Crippen LogP contribution in [0.2, 0.25) is 5.02 Å². The molecule has 1 aliphatic carbocycles. The van der Waals surface area contributed by atoms with Gasteiger partial charge in [-0.25, -0.2) is 4.90 Å². The minimum absolute atomic E-state index is 0.117. The third-order valence-corrected chi connectivity index (χ3v) is 4.98. The van der Waals surface area contributed by atoms with Gasteiger partial charge in [-0.05, 0) is 47.7 Å². The summed E-state index contributed by atoms with van der Waals surface area (Å²) in [4.78, 5) is 26.3. The maximum absolute atomic E-state index is 13.1. The number of rotatable bonds is 0. The van der Waals surface area contributed by atoms with E-state index in [0.29, 0.717) is 17.9 Å². The number of hydrogen-bond acceptors (Lipinski definition) is 2. The van der Waals surface area contributed by atoms with Crippen LogP contribution in [0.3, 0.4) is 0 Å². The first-order valence-corrected chi connectivity index (χ1v) is 7.63. The predicted molar refractivity (Wildman–Crippen MR) is 85.1 cm³/mol. The summed E-state index contributed by atoms with van der Waals surface area (Å²) in [5, 5.41) is 0.679. The van der Waals surface area contributed by atoms with Crippen molar-refractivity contribution in [1.82, 2.24) is 0 Å². The molecule has 2 aromatic rings. The lowest BCUT2D eigenvalue weighted by Gasteiger charge is -2.22. The Hall–Kier alpha value is -2.13. The van der Waals surface area contributed by atoms with Crippen molar-refractivity contribution < 1.29 is 9.59 Å². The van der Waals surface area contributed by atoms with E-state index >= 15 is 0 Å². The van der Waals surface area contributed by atoms with Crippen molar-refractivity contribution in [2.24, 2.45) is 0 Å². The zero-order valence-corrected chi connectivity index (χ0v) is 12.9. The number of para-hydroxylation sites is 1. The van der Waals surface area contributed by atoms with Crippen LogP contribution in [0.15, 0.2) is 42.5 Å². The van der Waals surface area contributed by atoms with Crippen LogP contribution < -0.4 is 4.90 Å². The molecular formula is C18H14ClNO2. The van der Waals surface area contributed by atoms with Gasteiger partial charge in [0.1, 0.15) is 0 Å². The van der Waals surface area contributed by atoms with Crippen molar-refractivity contribution in [1.29, 1.82) is 0 Å². The smallest absolute Gasteiger partial charge is 0.245 e. The molecule has 0 saturated heterocycles. The van der Waals surface area contributed by atoms with Crippen molar-refractivity contribution in [3.63, 3.8) is 0 Å². The highest BCUT2D eigenvalue weighted by Gasteiger charge is 2.54. The third kappa shape index (κ3) is 1.63. The fourth-order valence-corrected chi connectivity index (χ4v) is 4.01. The number of fused-ring (bicyclic) bond motifs is 3. The highest BCUT2D eigenvalue weighted by Crippen LogP contribution is 2.50. The number of hydrogen-bond donors (Lipinski definition) is 0. The monoisotopic (exact) mass is 311 g/mol. The van der Waals surface area contributed by atoms with E-state index in [2.05, 4.69) is 0 Å². The average Bonchev–Trinajstić information content (AvgIpc) is 2.97. The highest BCUT2D eigenvalue weighted by molar-refractivity contribution is 6.30. The summed E-state index contributed by atoms with van der Waals surface area (Å²) in [5.74, 6) is -0.350. The van der Waals surface area contributed by atoms with E-state index in [9.17, 15) is 9.59 Å². The second-order valence-corrected chi connectivity index (χ2v) is 6.46. The van der Waals surface area contributed by atoms with E-state index in [-0.39, 0.29) is 11.8 Å². The van der Waals surface area contributed by atoms with Crippen LogP contribution in [-0.4, -0.2) is 11.8 Å². The molecule has 3 nitrogen and oxygen atoms in total. The summed E-state index contributed by atoms with van der Waals surface area (Å²) in [7, 11) is 0. The summed E-state index contributed by atoms with van der Waals surface area (Å²) >= 11 is 6.08. The molecule has 1 unspecified atom stereocenters. The van der Waals surface area contributed by atoms with Gasteiger partial charge in [0, 0.05) is 11.9 Å². The average molecular weight is 312 g/mol. The first-order chi connectivity index (χ1) is 10.5. The molecule has 2 aliphatic rings. The fraction of sp³-hybridized carbons (Fsp3) is 0.222. The Balaban J connectivity index is 1.90. The molecule has 0 fully saturated rings. The number of halogens is 1. The van der Waals surface area contributed by atoms with Gasteiger partial charge in [0.25, 0.3) is 0 Å². The zero-order chi connectivity index (χ0) is 15.5. The first kappa shape index (κ1) is 13.5. The van der Waals surface area contributed by atoms with Crippen molar-refractivity contribution >= 4 is 29.1 Å². The van der Waals surface area contributed by atoms with Gasteiger partial charge >= 0.3 is 0 Å². The van der Waals surface area contributed by atoms with Crippen LogP contribution in [-0.2, 0) is 27.8 Å². The minimum Gasteiger partial charge on any atom is -0.274 e. The Kier molecular flexibility index (Phi) is 2.73. The normalized spacial score (nSPS) is 22.1. The van der Waals surface area contributed by atoms with Crippen molar-refractivity contribution in [2.75, 3.05) is 4.90 Å². The van der Waals surface area contributed by atoms with Crippen LogP contribution in [0, 0.1) is 0 Å². The number of imide groups is 1. The summed E-state index contributed by atoms with van der Waals surface area (Å²) in [6.07, 6.45) is 1.22. The Labute approximate surface area is 133 Å². The molecule has 2 amide bonds. The van der Waals surface area contributed by atoms with Crippen molar-refractivity contribution in [3.8, 4) is 0 Å². The molecule has 22 heavy (non-hydrogen) atoms. The lowest BCUT2D eigenvalue weighted by atomic mass is 9.79. The number of carbonyl (C=O) groups excluding carboxylic acids is 2. The SMILES string of the molecule is CC(=O)N1C(=O)C2(Cc3ccc(Cl)cc3C2)c2ccccc21. The van der Waals surface area contributed by atoms with Crippen molar-refractivity contribution in [2.45, 2.75) is 25.2 Å². The first-order valence-electron chi connectivity index (χ1n) is 7.25. The molecule has 0 N–H and O–H groups in total. The van der Waals surface area contributed by atoms with Gasteiger partial charge in [-0.15, -0.1) is 0 Å². The number of carbonyl (C=O) groups is 2. The van der Waals surface area contributed by atoms with Gasteiger partial charge in [0.15, 0.2) is 0 Å². The molecule has 0 saturated carbocycles. The van der Waals surface area contributed by atoms with E-state index in [1.807, 2.05) is 42.5 Å². The predicted octanol–water partition coefficient (Wildman–Crippen LogP) is 3.27. The number of nitrogens with zero attached hydrogens (tertiary/aromatic N) is 1. The third-order valence-electron chi connectivity index (χ3n) is 4.74. The van der Waals surface area contributed by atoms with Crippen LogP contribution in [0.5, 0.6) is 0 Å². The Bertz CT molecular complexity index is 830. The Morgan fingerprint density at radius 2 is 1.86 bits per heavy atom. The minimum atomic E-state index is -0.657. The molecule has 4 heteroatoms. The van der Waals surface area contributed by atoms with Gasteiger partial charge in [-0.2, -0.15) is 0 Å². The second-order valence-electron chi connectivity index (χ2n) is 6.03. The van der Waals surface area contributed by atoms with Crippen molar-refractivity contribution in [3.05, 3.63) is 64.2 Å². The molecular weight excluding hydrogens is 298 g/mol. The van der Waals surface area contributed by atoms with Gasteiger partial charge in [0.2, 0.25) is 11.8 Å². The van der Waals surface area contributed by atoms with E-state index in [4.69, 9.17) is 11.6 Å². The topological polar surface area (TPSA) is 37.4 Å². The molecule has 4 rings (SSSR count). The largest absolute Gasteiger partial charge is 0.274 e. The van der Waals surface area contributed by atoms with Gasteiger partial charge < -0.3 is 0 Å². The van der Waals surface area contributed by atoms with E-state index < -0.39 is 5.41 Å². The standard InChI is InChI=1S/C18H14ClNO2/c1-11(21)20-16-5-3-2-4-15(16)18(17(20)22)9-12-6-7-14(19)8-13(12)10-18/h2-8H,9-10H2,1H3. The summed E-state index contributed by atoms with van der Waals surface area (Å²) < 4.78 is 0. The molecule has 110 valence electrons. The maximum Gasteiger partial charge on any atom is 0.245 e. The summed E-state index contributed by atoms with van der Waals surface area (Å²) in [5.41, 5.74) is 3.25. The number of amides is 2. The summed E-state index contributed by atoms with van der Waals surface area (Å²) in [6, 6.07) is 13.4. The molecule has 0 bridgehead atoms. The highest BCUT2D eigenvalue weighted by atomic mass is 35.5. The number of anilines is 1. The molecule has 1 aliphatic heterocycles. The molecule has 1 heterocycles. The molecule has 1 spiro atoms. The van der Waals surface area contributed by atoms with Gasteiger partial charge in [-0.3, -0.25) is 9.59 Å². The lowest BCUT2D eigenvalue weighted by Crippen LogP contribution is -2.43. The van der Waals surface area contributed by atoms with E-state index in [1.165, 1.54) is 11.8 Å². The second kappa shape index (κ2) is 4.43. The van der Waals surface area contributed by atoms with Gasteiger partial charge in [-0.1, -0.05) is 35.9 Å². The van der Waals surface area contributed by atoms with Crippen LogP contribution in [0.1, 0.15) is 23.6 Å². The zero-order valence-electron chi connectivity index (χ0n) is 12.1. The summed E-state index contributed by atoms with van der Waals surface area (Å²) in [6.45, 7) is 1.44. The molecule has 0 aromatic heterocycles. The Morgan fingerprint density at radius 1 is 1.14 bits per heavy atom. The van der Waals surface area contributed by atoms with Gasteiger partial charge in [0.05, 0.1) is 11.1 Å². The quantitative estimate of drug-likeness (QED) is 0.749. The molecule has 0 radical (unpaired) electrons. The molecule has 2 aromatic carbocycles. The van der Waals surface area contributed by atoms with Crippen LogP contribution in [0.25, 0.3) is 0 Å². The van der Waals surface area contributed by atoms with Crippen LogP contribution in [0.4, 0.5) is 5.69 Å². The maximum atomic E-state index is 13.1. The lowest BCUT2D eigenvalue weighted by molar-refractivity contribution is -0.128. The van der Waals surface area contributed by atoms with E-state index in [1.54, 1.807) is 0 Å². The van der Waals surface area contributed by atoms with Crippen LogP contribution >= 0.6 is 11.6 Å². The Morgan fingerprint density at radius 3 is 2.64 bits per heavy atom. The number of benzene rings is 2. The fourth-order valence-electron chi connectivity index (χ4n) is 3.81. The molecule has 1 atom stereocenters.